The molecule has 1 amide bonds. The molecule has 2 aromatic carbocycles. The van der Waals surface area contributed by atoms with Crippen LogP contribution in [0.25, 0.3) is 10.2 Å². The van der Waals surface area contributed by atoms with Crippen LogP contribution in [-0.4, -0.2) is 49.1 Å². The van der Waals surface area contributed by atoms with Crippen molar-refractivity contribution in [3.8, 4) is 17.2 Å². The van der Waals surface area contributed by atoms with Crippen LogP contribution in [0.5, 0.6) is 17.2 Å². The Bertz CT molecular complexity index is 1300. The van der Waals surface area contributed by atoms with Gasteiger partial charge in [-0.2, -0.15) is 0 Å². The van der Waals surface area contributed by atoms with Gasteiger partial charge in [0.25, 0.3) is 5.91 Å². The number of Topliss-reactive ketones (excluding diaryl/α,β-unsaturated/α-hetero) is 1. The number of carbonyl (C=O) groups excluding carboxylic acids is 2. The number of thiazole rings is 1. The van der Waals surface area contributed by atoms with E-state index in [1.54, 1.807) is 29.5 Å². The third-order valence-electron chi connectivity index (χ3n) is 5.71. The Morgan fingerprint density at radius 3 is 2.37 bits per heavy atom. The Morgan fingerprint density at radius 1 is 1.03 bits per heavy atom. The fraction of sp³-hybridized carbons (Fsp3) is 0.269. The predicted octanol–water partition coefficient (Wildman–Crippen LogP) is 4.54. The van der Waals surface area contributed by atoms with Crippen molar-refractivity contribution in [2.24, 2.45) is 0 Å². The Kier molecular flexibility index (Phi) is 7.36. The van der Waals surface area contributed by atoms with Crippen molar-refractivity contribution < 1.29 is 23.8 Å². The van der Waals surface area contributed by atoms with Crippen LogP contribution >= 0.6 is 11.3 Å². The highest BCUT2D eigenvalue weighted by molar-refractivity contribution is 7.18. The fourth-order valence-electron chi connectivity index (χ4n) is 4.01. The molecule has 35 heavy (non-hydrogen) atoms. The van der Waals surface area contributed by atoms with Gasteiger partial charge in [-0.25, -0.2) is 4.98 Å². The molecule has 4 rings (SSSR count). The molecule has 0 radical (unpaired) electrons. The number of ketones is 1. The van der Waals surface area contributed by atoms with Gasteiger partial charge in [0.15, 0.2) is 17.3 Å². The molecule has 0 bridgehead atoms. The standard InChI is InChI=1S/C26H27N3O5S/c1-16(30)20-9-7-11-29(20)18(14-24-28-19-8-5-6-10-23(19)35-24)15-27-26(31)17-12-21(32-2)25(34-4)22(13-17)33-3/h5-13,18H,14-15H2,1-4H3,(H,27,31). The van der Waals surface area contributed by atoms with Crippen LogP contribution in [0.4, 0.5) is 0 Å². The lowest BCUT2D eigenvalue weighted by Gasteiger charge is -2.21. The summed E-state index contributed by atoms with van der Waals surface area (Å²) in [6.45, 7) is 1.83. The molecule has 0 aliphatic rings. The summed E-state index contributed by atoms with van der Waals surface area (Å²) in [5, 5.41) is 3.93. The summed E-state index contributed by atoms with van der Waals surface area (Å²) in [6.07, 6.45) is 2.42. The number of para-hydroxylation sites is 1. The van der Waals surface area contributed by atoms with Crippen molar-refractivity contribution in [1.29, 1.82) is 0 Å². The molecule has 0 saturated carbocycles. The number of hydrogen-bond donors (Lipinski definition) is 1. The molecule has 182 valence electrons. The molecule has 1 atom stereocenters. The Hall–Kier alpha value is -3.85. The van der Waals surface area contributed by atoms with Gasteiger partial charge in [0.05, 0.1) is 48.3 Å². The van der Waals surface area contributed by atoms with Crippen LogP contribution < -0.4 is 19.5 Å². The maximum absolute atomic E-state index is 13.1. The van der Waals surface area contributed by atoms with Crippen LogP contribution in [-0.2, 0) is 6.42 Å². The van der Waals surface area contributed by atoms with Crippen LogP contribution in [0.3, 0.4) is 0 Å². The van der Waals surface area contributed by atoms with Gasteiger partial charge < -0.3 is 24.1 Å². The Balaban J connectivity index is 1.60. The maximum Gasteiger partial charge on any atom is 0.251 e. The normalized spacial score (nSPS) is 11.8. The van der Waals surface area contributed by atoms with Crippen LogP contribution in [0.2, 0.25) is 0 Å². The fourth-order valence-corrected chi connectivity index (χ4v) is 5.05. The lowest BCUT2D eigenvalue weighted by atomic mass is 10.1. The van der Waals surface area contributed by atoms with Crippen molar-refractivity contribution in [3.05, 3.63) is 71.0 Å². The first-order chi connectivity index (χ1) is 16.9. The van der Waals surface area contributed by atoms with Crippen LogP contribution in [0.15, 0.2) is 54.7 Å². The van der Waals surface area contributed by atoms with Gasteiger partial charge in [-0.1, -0.05) is 12.1 Å². The summed E-state index contributed by atoms with van der Waals surface area (Å²) in [5.74, 6) is 0.869. The minimum Gasteiger partial charge on any atom is -0.493 e. The highest BCUT2D eigenvalue weighted by atomic mass is 32.1. The average Bonchev–Trinajstić information content (AvgIpc) is 3.52. The Morgan fingerprint density at radius 2 is 1.74 bits per heavy atom. The van der Waals surface area contributed by atoms with Gasteiger partial charge in [0.1, 0.15) is 0 Å². The van der Waals surface area contributed by atoms with E-state index in [9.17, 15) is 9.59 Å². The van der Waals surface area contributed by atoms with Gasteiger partial charge in [0.2, 0.25) is 5.75 Å². The number of methoxy groups -OCH3 is 3. The smallest absolute Gasteiger partial charge is 0.251 e. The zero-order chi connectivity index (χ0) is 24.9. The summed E-state index contributed by atoms with van der Waals surface area (Å²) in [7, 11) is 4.52. The second kappa shape index (κ2) is 10.6. The summed E-state index contributed by atoms with van der Waals surface area (Å²) >= 11 is 1.61. The third kappa shape index (κ3) is 5.14. The van der Waals surface area contributed by atoms with E-state index in [0.29, 0.717) is 41.5 Å². The maximum atomic E-state index is 13.1. The highest BCUT2D eigenvalue weighted by Crippen LogP contribution is 2.38. The zero-order valence-electron chi connectivity index (χ0n) is 20.0. The number of amides is 1. The first-order valence-corrected chi connectivity index (χ1v) is 11.9. The van der Waals surface area contributed by atoms with Gasteiger partial charge in [0, 0.05) is 31.6 Å². The molecule has 1 N–H and O–H groups in total. The quantitative estimate of drug-likeness (QED) is 0.326. The molecule has 2 heterocycles. The van der Waals surface area contributed by atoms with E-state index >= 15 is 0 Å². The number of nitrogens with zero attached hydrogens (tertiary/aromatic N) is 2. The van der Waals surface area contributed by atoms with E-state index in [-0.39, 0.29) is 17.7 Å². The van der Waals surface area contributed by atoms with Gasteiger partial charge in [-0.3, -0.25) is 9.59 Å². The van der Waals surface area contributed by atoms with E-state index < -0.39 is 0 Å². The van der Waals surface area contributed by atoms with E-state index in [1.165, 1.54) is 28.3 Å². The molecule has 0 saturated heterocycles. The molecule has 8 nitrogen and oxygen atoms in total. The highest BCUT2D eigenvalue weighted by Gasteiger charge is 2.21. The zero-order valence-corrected chi connectivity index (χ0v) is 20.8. The lowest BCUT2D eigenvalue weighted by Crippen LogP contribution is -2.32. The SMILES string of the molecule is COc1cc(C(=O)NCC(Cc2nc3ccccc3s2)n2cccc2C(C)=O)cc(OC)c1OC. The van der Waals surface area contributed by atoms with Gasteiger partial charge >= 0.3 is 0 Å². The minimum absolute atomic E-state index is 0.0414. The summed E-state index contributed by atoms with van der Waals surface area (Å²) in [4.78, 5) is 30.1. The van der Waals surface area contributed by atoms with E-state index in [2.05, 4.69) is 5.32 Å². The van der Waals surface area contributed by atoms with Crippen molar-refractivity contribution in [2.75, 3.05) is 27.9 Å². The van der Waals surface area contributed by atoms with Crippen molar-refractivity contribution in [2.45, 2.75) is 19.4 Å². The summed E-state index contributed by atoms with van der Waals surface area (Å²) < 4.78 is 19.1. The predicted molar refractivity (Wildman–Crippen MR) is 135 cm³/mol. The molecular weight excluding hydrogens is 466 g/mol. The monoisotopic (exact) mass is 493 g/mol. The molecule has 0 aliphatic carbocycles. The number of carbonyl (C=O) groups is 2. The average molecular weight is 494 g/mol. The first kappa shape index (κ1) is 24.3. The van der Waals surface area contributed by atoms with E-state index in [0.717, 1.165) is 15.2 Å². The van der Waals surface area contributed by atoms with Gasteiger partial charge in [-0.05, 0) is 36.4 Å². The molecule has 1 unspecified atom stereocenters. The second-order valence-electron chi connectivity index (χ2n) is 7.91. The molecule has 9 heteroatoms. The number of ether oxygens (including phenoxy) is 3. The molecule has 0 fully saturated rings. The number of rotatable bonds is 10. The Labute approximate surface area is 207 Å². The summed E-state index contributed by atoms with van der Waals surface area (Å²) in [6, 6.07) is 14.6. The van der Waals surface area contributed by atoms with Gasteiger partial charge in [-0.15, -0.1) is 11.3 Å². The van der Waals surface area contributed by atoms with Crippen molar-refractivity contribution in [3.63, 3.8) is 0 Å². The molecule has 2 aromatic heterocycles. The van der Waals surface area contributed by atoms with E-state index in [1.807, 2.05) is 41.1 Å². The lowest BCUT2D eigenvalue weighted by molar-refractivity contribution is 0.0946. The number of benzene rings is 2. The second-order valence-corrected chi connectivity index (χ2v) is 9.03. The third-order valence-corrected chi connectivity index (χ3v) is 6.77. The molecule has 4 aromatic rings. The summed E-state index contributed by atoms with van der Waals surface area (Å²) in [5.41, 5.74) is 1.89. The van der Waals surface area contributed by atoms with Crippen LogP contribution in [0.1, 0.15) is 38.8 Å². The first-order valence-electron chi connectivity index (χ1n) is 11.1. The van der Waals surface area contributed by atoms with Crippen molar-refractivity contribution >= 4 is 33.2 Å². The van der Waals surface area contributed by atoms with Crippen LogP contribution in [0, 0.1) is 0 Å². The van der Waals surface area contributed by atoms with E-state index in [4.69, 9.17) is 19.2 Å². The van der Waals surface area contributed by atoms with Crippen molar-refractivity contribution in [1.82, 2.24) is 14.9 Å². The largest absolute Gasteiger partial charge is 0.493 e. The molecule has 0 aliphatic heterocycles. The molecular formula is C26H27N3O5S. The number of hydrogen-bond acceptors (Lipinski definition) is 7. The minimum atomic E-state index is -0.296. The molecule has 0 spiro atoms. The topological polar surface area (TPSA) is 91.7 Å². The number of aromatic nitrogens is 2. The number of fused-ring (bicyclic) bond motifs is 1. The number of nitrogens with one attached hydrogen (secondary N) is 1.